The summed E-state index contributed by atoms with van der Waals surface area (Å²) in [6.45, 7) is 0.0498. The number of rotatable bonds is 2. The Kier molecular flexibility index (Phi) is 3.56. The second-order valence-corrected chi connectivity index (χ2v) is 7.21. The zero-order chi connectivity index (χ0) is 16.0. The van der Waals surface area contributed by atoms with Crippen LogP contribution in [0.5, 0.6) is 5.75 Å². The maximum absolute atomic E-state index is 12.8. The van der Waals surface area contributed by atoms with Crippen molar-refractivity contribution in [2.45, 2.75) is 11.1 Å². The van der Waals surface area contributed by atoms with Gasteiger partial charge in [0.05, 0.1) is 22.7 Å². The number of hydrogen-bond donors (Lipinski definition) is 0. The molecule has 118 valence electrons. The Balaban J connectivity index is 2.11. The summed E-state index contributed by atoms with van der Waals surface area (Å²) in [6, 6.07) is 4.24. The van der Waals surface area contributed by atoms with Crippen molar-refractivity contribution in [2.75, 3.05) is 17.5 Å². The second-order valence-electron chi connectivity index (χ2n) is 4.56. The molecule has 0 fully saturated rings. The Morgan fingerprint density at radius 1 is 1.23 bits per heavy atom. The van der Waals surface area contributed by atoms with Crippen LogP contribution in [0, 0.1) is 0 Å². The molecule has 4 nitrogen and oxygen atoms in total. The summed E-state index contributed by atoms with van der Waals surface area (Å²) >= 11 is 1.20. The van der Waals surface area contributed by atoms with Crippen LogP contribution >= 0.6 is 11.3 Å². The average molecular weight is 349 g/mol. The molecule has 0 unspecified atom stereocenters. The molecule has 0 bridgehead atoms. The van der Waals surface area contributed by atoms with Crippen molar-refractivity contribution in [1.82, 2.24) is 0 Å². The maximum atomic E-state index is 12.8. The molecule has 1 aromatic carbocycles. The fraction of sp³-hybridized carbons (Fsp3) is 0.231. The van der Waals surface area contributed by atoms with E-state index in [9.17, 15) is 21.6 Å². The van der Waals surface area contributed by atoms with Gasteiger partial charge in [0.1, 0.15) is 12.4 Å². The molecule has 2 aromatic rings. The monoisotopic (exact) mass is 349 g/mol. The number of hydrogen-bond acceptors (Lipinski definition) is 4. The largest absolute Gasteiger partial charge is 0.489 e. The van der Waals surface area contributed by atoms with Gasteiger partial charge in [0.2, 0.25) is 0 Å². The van der Waals surface area contributed by atoms with Gasteiger partial charge in [-0.1, -0.05) is 0 Å². The van der Waals surface area contributed by atoms with Gasteiger partial charge in [0.15, 0.2) is 0 Å². The molecule has 0 radical (unpaired) electrons. The summed E-state index contributed by atoms with van der Waals surface area (Å²) in [5, 5.41) is 3.04. The van der Waals surface area contributed by atoms with Gasteiger partial charge >= 0.3 is 6.18 Å². The van der Waals surface area contributed by atoms with E-state index in [1.165, 1.54) is 22.8 Å². The molecule has 0 N–H and O–H groups in total. The third-order valence-electron chi connectivity index (χ3n) is 3.19. The quantitative estimate of drug-likeness (QED) is 0.835. The maximum Gasteiger partial charge on any atom is 0.416 e. The zero-order valence-electron chi connectivity index (χ0n) is 11.0. The predicted molar refractivity (Wildman–Crippen MR) is 75.8 cm³/mol. The van der Waals surface area contributed by atoms with Crippen molar-refractivity contribution in [3.8, 4) is 5.75 Å². The summed E-state index contributed by atoms with van der Waals surface area (Å²) in [7, 11) is -3.90. The van der Waals surface area contributed by atoms with Gasteiger partial charge in [-0.25, -0.2) is 8.42 Å². The fourth-order valence-electron chi connectivity index (χ4n) is 2.15. The lowest BCUT2D eigenvalue weighted by atomic mass is 10.1. The minimum absolute atomic E-state index is 0.0352. The smallest absolute Gasteiger partial charge is 0.416 e. The van der Waals surface area contributed by atoms with Gasteiger partial charge in [-0.15, -0.1) is 0 Å². The molecule has 0 aliphatic carbocycles. The number of anilines is 1. The Labute approximate surface area is 128 Å². The minimum Gasteiger partial charge on any atom is -0.489 e. The first-order valence-corrected chi connectivity index (χ1v) is 8.57. The summed E-state index contributed by atoms with van der Waals surface area (Å²) in [5.41, 5.74) is -1.01. The first-order valence-electron chi connectivity index (χ1n) is 6.19. The summed E-state index contributed by atoms with van der Waals surface area (Å²) in [6.07, 6.45) is -4.55. The van der Waals surface area contributed by atoms with Gasteiger partial charge < -0.3 is 4.74 Å². The van der Waals surface area contributed by atoms with E-state index in [0.29, 0.717) is 0 Å². The van der Waals surface area contributed by atoms with Crippen LogP contribution in [0.15, 0.2) is 39.9 Å². The van der Waals surface area contributed by atoms with E-state index in [4.69, 9.17) is 4.74 Å². The van der Waals surface area contributed by atoms with E-state index >= 15 is 0 Å². The van der Waals surface area contributed by atoms with Gasteiger partial charge in [-0.3, -0.25) is 4.31 Å². The molecule has 0 saturated heterocycles. The Morgan fingerprint density at radius 2 is 2.00 bits per heavy atom. The van der Waals surface area contributed by atoms with Gasteiger partial charge in [-0.05, 0) is 29.6 Å². The molecule has 22 heavy (non-hydrogen) atoms. The van der Waals surface area contributed by atoms with Crippen LogP contribution in [0.1, 0.15) is 5.56 Å². The van der Waals surface area contributed by atoms with Crippen LogP contribution in [-0.4, -0.2) is 21.6 Å². The molecule has 0 atom stereocenters. The minimum atomic E-state index is -4.55. The van der Waals surface area contributed by atoms with Crippen LogP contribution in [0.25, 0.3) is 0 Å². The molecule has 1 aliphatic rings. The van der Waals surface area contributed by atoms with Crippen molar-refractivity contribution in [1.29, 1.82) is 0 Å². The number of alkyl halides is 3. The highest BCUT2D eigenvalue weighted by atomic mass is 32.2. The molecule has 3 rings (SSSR count). The third kappa shape index (κ3) is 2.54. The van der Waals surface area contributed by atoms with Crippen molar-refractivity contribution >= 4 is 27.0 Å². The lowest BCUT2D eigenvalue weighted by Crippen LogP contribution is -2.38. The topological polar surface area (TPSA) is 46.6 Å². The Morgan fingerprint density at radius 3 is 2.64 bits per heavy atom. The number of sulfonamides is 1. The summed E-state index contributed by atoms with van der Waals surface area (Å²) in [5.74, 6) is 0.123. The van der Waals surface area contributed by atoms with E-state index < -0.39 is 21.8 Å². The lowest BCUT2D eigenvalue weighted by molar-refractivity contribution is -0.137. The van der Waals surface area contributed by atoms with E-state index in [-0.39, 0.29) is 29.5 Å². The first-order chi connectivity index (χ1) is 10.3. The molecule has 0 amide bonds. The summed E-state index contributed by atoms with van der Waals surface area (Å²) in [4.78, 5) is 0.0581. The molecular formula is C13H10F3NO3S2. The molecule has 2 heterocycles. The molecule has 0 spiro atoms. The Hall–Kier alpha value is -1.74. The SMILES string of the molecule is O=S(=O)(c1ccsc1)N1CCOc2ccc(C(F)(F)F)cc21. The van der Waals surface area contributed by atoms with E-state index in [0.717, 1.165) is 22.5 Å². The average Bonchev–Trinajstić information content (AvgIpc) is 3.00. The highest BCUT2D eigenvalue weighted by Gasteiger charge is 2.35. The Bertz CT molecular complexity index is 785. The van der Waals surface area contributed by atoms with E-state index in [2.05, 4.69) is 0 Å². The van der Waals surface area contributed by atoms with E-state index in [1.807, 2.05) is 0 Å². The standard InChI is InChI=1S/C13H10F3NO3S2/c14-13(15,16)9-1-2-12-11(7-9)17(4-5-20-12)22(18,19)10-3-6-21-8-10/h1-3,6-8H,4-5H2. The van der Waals surface area contributed by atoms with E-state index in [1.54, 1.807) is 5.38 Å². The van der Waals surface area contributed by atoms with Crippen molar-refractivity contribution in [2.24, 2.45) is 0 Å². The molecular weight excluding hydrogens is 339 g/mol. The highest BCUT2D eigenvalue weighted by molar-refractivity contribution is 7.93. The molecule has 9 heteroatoms. The van der Waals surface area contributed by atoms with Crippen LogP contribution in [0.3, 0.4) is 0 Å². The first kappa shape index (κ1) is 15.2. The number of thiophene rings is 1. The van der Waals surface area contributed by atoms with Crippen LogP contribution in [0.4, 0.5) is 18.9 Å². The second kappa shape index (κ2) is 5.17. The van der Waals surface area contributed by atoms with Gasteiger partial charge in [0, 0.05) is 5.38 Å². The van der Waals surface area contributed by atoms with Crippen molar-refractivity contribution in [3.05, 3.63) is 40.6 Å². The fourth-order valence-corrected chi connectivity index (χ4v) is 4.61. The normalized spacial score (nSPS) is 15.3. The summed E-state index contributed by atoms with van der Waals surface area (Å²) < 4.78 is 69.9. The zero-order valence-corrected chi connectivity index (χ0v) is 12.6. The van der Waals surface area contributed by atoms with Crippen LogP contribution in [-0.2, 0) is 16.2 Å². The van der Waals surface area contributed by atoms with Gasteiger partial charge in [-0.2, -0.15) is 24.5 Å². The van der Waals surface area contributed by atoms with Crippen LogP contribution in [0.2, 0.25) is 0 Å². The number of benzene rings is 1. The third-order valence-corrected chi connectivity index (χ3v) is 5.83. The van der Waals surface area contributed by atoms with Gasteiger partial charge in [0.25, 0.3) is 10.0 Å². The predicted octanol–water partition coefficient (Wildman–Crippen LogP) is 3.35. The number of halogens is 3. The number of nitrogens with zero attached hydrogens (tertiary/aromatic N) is 1. The lowest BCUT2D eigenvalue weighted by Gasteiger charge is -2.30. The number of ether oxygens (including phenoxy) is 1. The molecule has 0 saturated carbocycles. The van der Waals surface area contributed by atoms with Crippen molar-refractivity contribution in [3.63, 3.8) is 0 Å². The van der Waals surface area contributed by atoms with Crippen molar-refractivity contribution < 1.29 is 26.3 Å². The van der Waals surface area contributed by atoms with Crippen LogP contribution < -0.4 is 9.04 Å². The molecule has 1 aliphatic heterocycles. The molecule has 1 aromatic heterocycles. The highest BCUT2D eigenvalue weighted by Crippen LogP contribution is 2.40. The number of fused-ring (bicyclic) bond motifs is 1.